The van der Waals surface area contributed by atoms with Crippen molar-refractivity contribution in [3.63, 3.8) is 0 Å². The number of piperidine rings is 1. The largest absolute Gasteiger partial charge is 0.504 e. The topological polar surface area (TPSA) is 163 Å². The predicted octanol–water partition coefficient (Wildman–Crippen LogP) is 1.33. The van der Waals surface area contributed by atoms with Gasteiger partial charge in [0.2, 0.25) is 6.10 Å². The molecule has 11 heteroatoms. The van der Waals surface area contributed by atoms with E-state index in [0.717, 1.165) is 11.1 Å². The average molecular weight is 552 g/mol. The molecule has 0 aromatic heterocycles. The van der Waals surface area contributed by atoms with Crippen molar-refractivity contribution in [2.75, 3.05) is 13.6 Å². The third-order valence-corrected chi connectivity index (χ3v) is 8.78. The lowest BCUT2D eigenvalue weighted by Crippen LogP contribution is -2.74. The van der Waals surface area contributed by atoms with Crippen molar-refractivity contribution >= 4 is 17.9 Å². The molecule has 0 radical (unpaired) electrons. The van der Waals surface area contributed by atoms with E-state index >= 15 is 0 Å². The van der Waals surface area contributed by atoms with Gasteiger partial charge in [-0.05, 0) is 44.1 Å². The number of carboxylic acid groups (broad SMARTS) is 1. The number of aromatic hydroxyl groups is 1. The van der Waals surface area contributed by atoms with Gasteiger partial charge in [0, 0.05) is 23.6 Å². The minimum absolute atomic E-state index is 0.0685. The number of aliphatic hydroxyl groups is 2. The highest BCUT2D eigenvalue weighted by Gasteiger charge is 2.72. The maximum atomic E-state index is 13.6. The van der Waals surface area contributed by atoms with Gasteiger partial charge in [0.15, 0.2) is 23.7 Å². The van der Waals surface area contributed by atoms with Crippen LogP contribution in [0.1, 0.15) is 42.1 Å². The molecule has 2 aromatic carbocycles. The van der Waals surface area contributed by atoms with Crippen molar-refractivity contribution in [3.05, 3.63) is 71.0 Å². The minimum atomic E-state index is -1.99. The number of esters is 2. The Kier molecular flexibility index (Phi) is 6.13. The van der Waals surface area contributed by atoms with Crippen LogP contribution in [0.15, 0.2) is 54.3 Å². The highest BCUT2D eigenvalue weighted by molar-refractivity contribution is 5.84. The van der Waals surface area contributed by atoms with E-state index in [1.54, 1.807) is 42.5 Å². The van der Waals surface area contributed by atoms with Gasteiger partial charge in [-0.15, -0.1) is 0 Å². The Morgan fingerprint density at radius 1 is 1.18 bits per heavy atom. The molecule has 6 rings (SSSR count). The Bertz CT molecular complexity index is 1420. The number of aliphatic hydroxyl groups excluding tert-OH is 1. The molecule has 11 nitrogen and oxygen atoms in total. The monoisotopic (exact) mass is 551 g/mol. The van der Waals surface area contributed by atoms with E-state index < -0.39 is 53.7 Å². The van der Waals surface area contributed by atoms with Crippen LogP contribution in [-0.2, 0) is 35.7 Å². The zero-order valence-electron chi connectivity index (χ0n) is 21.6. The normalized spacial score (nSPS) is 29.3. The highest BCUT2D eigenvalue weighted by Crippen LogP contribution is 2.65. The number of phenolic OH excluding ortho intramolecular Hbond substituents is 1. The molecule has 2 aromatic rings. The molecule has 4 N–H and O–H groups in total. The number of likely N-dealkylation sites (tertiary alicyclic amines) is 1. The SMILES string of the molecule is CN1CC[C@]23c4c5ccc(O)c4O[C@H]2C(OC(=O)[C@@H](OC(=O)C[C@H](O)C(=O)O)c2ccccc2)=CC[C@@]3(O)[C@H]1C5. The smallest absolute Gasteiger partial charge is 0.357 e. The molecule has 1 spiro atoms. The number of rotatable bonds is 7. The maximum Gasteiger partial charge on any atom is 0.357 e. The van der Waals surface area contributed by atoms with E-state index in [0.29, 0.717) is 19.4 Å². The number of ether oxygens (including phenoxy) is 3. The van der Waals surface area contributed by atoms with Gasteiger partial charge in [-0.25, -0.2) is 9.59 Å². The summed E-state index contributed by atoms with van der Waals surface area (Å²) in [5.41, 5.74) is -0.243. The van der Waals surface area contributed by atoms with Crippen LogP contribution in [-0.4, -0.2) is 80.7 Å². The van der Waals surface area contributed by atoms with Crippen molar-refractivity contribution in [2.45, 2.75) is 61.1 Å². The molecule has 40 heavy (non-hydrogen) atoms. The van der Waals surface area contributed by atoms with Crippen molar-refractivity contribution in [3.8, 4) is 11.5 Å². The molecular weight excluding hydrogens is 522 g/mol. The van der Waals surface area contributed by atoms with E-state index in [4.69, 9.17) is 19.3 Å². The Hall–Kier alpha value is -3.93. The number of hydrogen-bond acceptors (Lipinski definition) is 10. The molecule has 6 atom stereocenters. The Balaban J connectivity index is 1.34. The number of phenols is 1. The van der Waals surface area contributed by atoms with Crippen molar-refractivity contribution in [2.24, 2.45) is 0 Å². The second-order valence-electron chi connectivity index (χ2n) is 10.9. The number of hydrogen-bond donors (Lipinski definition) is 4. The Morgan fingerprint density at radius 3 is 2.65 bits per heavy atom. The maximum absolute atomic E-state index is 13.6. The molecule has 2 aliphatic heterocycles. The number of carboxylic acids is 1. The van der Waals surface area contributed by atoms with Crippen LogP contribution in [0.3, 0.4) is 0 Å². The lowest BCUT2D eigenvalue weighted by atomic mass is 9.50. The summed E-state index contributed by atoms with van der Waals surface area (Å²) in [4.78, 5) is 39.1. The first-order valence-corrected chi connectivity index (χ1v) is 13.1. The minimum Gasteiger partial charge on any atom is -0.504 e. The molecule has 0 unspecified atom stereocenters. The van der Waals surface area contributed by atoms with Crippen LogP contribution in [0, 0.1) is 0 Å². The summed E-state index contributed by atoms with van der Waals surface area (Å²) in [5.74, 6) is -3.33. The van der Waals surface area contributed by atoms with Crippen LogP contribution < -0.4 is 4.74 Å². The standard InChI is InChI=1S/C29H29NO10/c1-30-12-11-28-22-16-7-8-17(31)24(22)40-25(28)19(9-10-29(28,37)20(30)13-16)38-27(36)23(15-5-3-2-4-6-15)39-21(33)14-18(32)26(34)35/h2-9,18,20,23,25,31-32,37H,10-14H2,1H3,(H,34,35)/t18-,20+,23-,25-,28-,29+/m0/s1. The van der Waals surface area contributed by atoms with Crippen LogP contribution >= 0.6 is 0 Å². The average Bonchev–Trinajstić information content (AvgIpc) is 3.29. The number of carbonyl (C=O) groups excluding carboxylic acids is 2. The second kappa shape index (κ2) is 9.33. The van der Waals surface area contributed by atoms with Crippen LogP contribution in [0.4, 0.5) is 0 Å². The van der Waals surface area contributed by atoms with Gasteiger partial charge < -0.3 is 39.5 Å². The Labute approximate surface area is 229 Å². The second-order valence-corrected chi connectivity index (χ2v) is 10.9. The van der Waals surface area contributed by atoms with Gasteiger partial charge in [0.25, 0.3) is 0 Å². The molecule has 2 aliphatic carbocycles. The summed E-state index contributed by atoms with van der Waals surface area (Å²) in [6, 6.07) is 11.3. The quantitative estimate of drug-likeness (QED) is 0.367. The molecular formula is C29H29NO10. The first-order chi connectivity index (χ1) is 19.1. The molecule has 2 heterocycles. The van der Waals surface area contributed by atoms with Gasteiger partial charge in [-0.1, -0.05) is 36.4 Å². The van der Waals surface area contributed by atoms with Crippen LogP contribution in [0.5, 0.6) is 11.5 Å². The third-order valence-electron chi connectivity index (χ3n) is 8.78. The van der Waals surface area contributed by atoms with Crippen molar-refractivity contribution in [1.29, 1.82) is 0 Å². The van der Waals surface area contributed by atoms with Crippen molar-refractivity contribution in [1.82, 2.24) is 4.90 Å². The summed E-state index contributed by atoms with van der Waals surface area (Å²) < 4.78 is 17.5. The van der Waals surface area contributed by atoms with Crippen LogP contribution in [0.25, 0.3) is 0 Å². The van der Waals surface area contributed by atoms with Crippen LogP contribution in [0.2, 0.25) is 0 Å². The molecule has 1 saturated heterocycles. The first-order valence-electron chi connectivity index (χ1n) is 13.1. The van der Waals surface area contributed by atoms with Gasteiger partial charge in [-0.2, -0.15) is 0 Å². The van der Waals surface area contributed by atoms with Crippen molar-refractivity contribution < 1.29 is 49.0 Å². The third kappa shape index (κ3) is 3.72. The fourth-order valence-corrected chi connectivity index (χ4v) is 6.91. The first kappa shape index (κ1) is 26.3. The molecule has 0 amide bonds. The molecule has 4 aliphatic rings. The molecule has 2 bridgehead atoms. The van der Waals surface area contributed by atoms with Gasteiger partial charge in [0.05, 0.1) is 17.4 Å². The number of carbonyl (C=O) groups is 3. The summed E-state index contributed by atoms with van der Waals surface area (Å²) in [6.07, 6.45) is -2.49. The summed E-state index contributed by atoms with van der Waals surface area (Å²) >= 11 is 0. The summed E-state index contributed by atoms with van der Waals surface area (Å²) in [7, 11) is 1.96. The predicted molar refractivity (Wildman–Crippen MR) is 136 cm³/mol. The number of benzene rings is 2. The molecule has 0 saturated carbocycles. The fourth-order valence-electron chi connectivity index (χ4n) is 6.91. The zero-order valence-corrected chi connectivity index (χ0v) is 21.6. The van der Waals surface area contributed by atoms with Gasteiger partial charge >= 0.3 is 17.9 Å². The van der Waals surface area contributed by atoms with E-state index in [-0.39, 0.29) is 35.3 Å². The van der Waals surface area contributed by atoms with Gasteiger partial charge in [0.1, 0.15) is 5.76 Å². The van der Waals surface area contributed by atoms with E-state index in [1.165, 1.54) is 0 Å². The number of likely N-dealkylation sites (N-methyl/N-ethyl adjacent to an activating group) is 1. The van der Waals surface area contributed by atoms with E-state index in [9.17, 15) is 29.7 Å². The summed E-state index contributed by atoms with van der Waals surface area (Å²) in [5, 5.41) is 41.4. The molecule has 1 fully saturated rings. The fraction of sp³-hybridized carbons (Fsp3) is 0.414. The number of nitrogens with zero attached hydrogens (tertiary/aromatic N) is 1. The summed E-state index contributed by atoms with van der Waals surface area (Å²) in [6.45, 7) is 0.652. The lowest BCUT2D eigenvalue weighted by Gasteiger charge is -2.61. The number of aliphatic carboxylic acids is 1. The highest BCUT2D eigenvalue weighted by atomic mass is 16.6. The van der Waals surface area contributed by atoms with E-state index in [1.807, 2.05) is 13.1 Å². The lowest BCUT2D eigenvalue weighted by molar-refractivity contribution is -0.177. The molecule has 210 valence electrons. The van der Waals surface area contributed by atoms with E-state index in [2.05, 4.69) is 4.90 Å². The zero-order chi connectivity index (χ0) is 28.4. The Morgan fingerprint density at radius 2 is 1.93 bits per heavy atom. The van der Waals surface area contributed by atoms with Gasteiger partial charge in [-0.3, -0.25) is 4.79 Å².